The molecular formula is C9H15BO. The summed E-state index contributed by atoms with van der Waals surface area (Å²) in [6.45, 7) is 5.63. The molecule has 0 aromatic carbocycles. The minimum Gasteiger partial charge on any atom is -0.392 e. The van der Waals surface area contributed by atoms with Crippen molar-refractivity contribution < 1.29 is 5.11 Å². The Labute approximate surface area is 69.9 Å². The first-order valence-corrected chi connectivity index (χ1v) is 3.95. The van der Waals surface area contributed by atoms with Gasteiger partial charge in [-0.3, -0.25) is 0 Å². The van der Waals surface area contributed by atoms with Crippen molar-refractivity contribution >= 4 is 7.85 Å². The van der Waals surface area contributed by atoms with E-state index >= 15 is 0 Å². The molecule has 0 aromatic rings. The molecule has 0 bridgehead atoms. The Balaban J connectivity index is 3.52. The second kappa shape index (κ2) is 6.06. The molecule has 2 heteroatoms. The first-order chi connectivity index (χ1) is 5.16. The molecule has 0 aliphatic carbocycles. The number of aliphatic hydroxyl groups is 1. The molecule has 1 nitrogen and oxygen atoms in total. The van der Waals surface area contributed by atoms with Crippen molar-refractivity contribution in [2.45, 2.75) is 32.2 Å². The molecule has 0 saturated heterocycles. The minimum atomic E-state index is -0.327. The number of hydrogen-bond donors (Lipinski definition) is 1. The maximum absolute atomic E-state index is 9.28. The lowest BCUT2D eigenvalue weighted by molar-refractivity contribution is 0.180. The van der Waals surface area contributed by atoms with Crippen LogP contribution in [0.25, 0.3) is 0 Å². The fourth-order valence-electron chi connectivity index (χ4n) is 0.789. The zero-order valence-electron chi connectivity index (χ0n) is 7.35. The molecule has 0 rings (SSSR count). The summed E-state index contributed by atoms with van der Waals surface area (Å²) in [5, 5.41) is 9.28. The van der Waals surface area contributed by atoms with Gasteiger partial charge in [-0.1, -0.05) is 5.57 Å². The maximum Gasteiger partial charge on any atom is 0.116 e. The SMILES string of the molecule is BCC#CCC(O)CC(=C)C. The molecule has 1 unspecified atom stereocenters. The number of hydrogen-bond acceptors (Lipinski definition) is 1. The molecule has 0 heterocycles. The van der Waals surface area contributed by atoms with Crippen LogP contribution in [0.3, 0.4) is 0 Å². The molecule has 0 aromatic heterocycles. The van der Waals surface area contributed by atoms with Gasteiger partial charge in [0.1, 0.15) is 7.85 Å². The van der Waals surface area contributed by atoms with Crippen LogP contribution in [0.4, 0.5) is 0 Å². The average molecular weight is 150 g/mol. The highest BCUT2D eigenvalue weighted by molar-refractivity contribution is 6.10. The van der Waals surface area contributed by atoms with Gasteiger partial charge in [0, 0.05) is 6.42 Å². The van der Waals surface area contributed by atoms with Gasteiger partial charge in [-0.25, -0.2) is 0 Å². The fraction of sp³-hybridized carbons (Fsp3) is 0.556. The van der Waals surface area contributed by atoms with Crippen LogP contribution in [0, 0.1) is 11.8 Å². The smallest absolute Gasteiger partial charge is 0.116 e. The van der Waals surface area contributed by atoms with Crippen LogP contribution in [0.1, 0.15) is 19.8 Å². The number of rotatable bonds is 3. The third kappa shape index (κ3) is 7.22. The van der Waals surface area contributed by atoms with Crippen molar-refractivity contribution in [2.75, 3.05) is 0 Å². The summed E-state index contributed by atoms with van der Waals surface area (Å²) in [6.07, 6.45) is 1.77. The lowest BCUT2D eigenvalue weighted by atomic mass is 10.1. The molecule has 60 valence electrons. The largest absolute Gasteiger partial charge is 0.392 e. The van der Waals surface area contributed by atoms with Gasteiger partial charge in [0.15, 0.2) is 0 Å². The van der Waals surface area contributed by atoms with Gasteiger partial charge in [-0.2, -0.15) is 0 Å². The van der Waals surface area contributed by atoms with E-state index in [1.54, 1.807) is 0 Å². The van der Waals surface area contributed by atoms with Crippen LogP contribution in [-0.2, 0) is 0 Å². The first-order valence-electron chi connectivity index (χ1n) is 3.95. The van der Waals surface area contributed by atoms with Crippen LogP contribution in [0.5, 0.6) is 0 Å². The quantitative estimate of drug-likeness (QED) is 0.357. The van der Waals surface area contributed by atoms with Gasteiger partial charge in [-0.05, 0) is 19.7 Å². The topological polar surface area (TPSA) is 20.2 Å². The normalized spacial score (nSPS) is 11.5. The standard InChI is InChI=1S/C9H15BO/c1-8(2)7-9(11)5-3-4-6-10/h9,11H,1,5-7,10H2,2H3. The number of aliphatic hydroxyl groups excluding tert-OH is 1. The Morgan fingerprint density at radius 3 is 2.73 bits per heavy atom. The van der Waals surface area contributed by atoms with Crippen molar-refractivity contribution in [2.24, 2.45) is 0 Å². The van der Waals surface area contributed by atoms with Gasteiger partial charge >= 0.3 is 0 Å². The van der Waals surface area contributed by atoms with E-state index < -0.39 is 0 Å². The molecule has 11 heavy (non-hydrogen) atoms. The third-order valence-electron chi connectivity index (χ3n) is 1.22. The molecule has 0 amide bonds. The summed E-state index contributed by atoms with van der Waals surface area (Å²) in [5.74, 6) is 5.81. The average Bonchev–Trinajstić information content (AvgIpc) is 1.86. The van der Waals surface area contributed by atoms with Crippen molar-refractivity contribution in [3.63, 3.8) is 0 Å². The van der Waals surface area contributed by atoms with Crippen LogP contribution < -0.4 is 0 Å². The molecule has 0 aliphatic rings. The van der Waals surface area contributed by atoms with Crippen LogP contribution in [0.2, 0.25) is 6.32 Å². The molecule has 1 N–H and O–H groups in total. The highest BCUT2D eigenvalue weighted by Gasteiger charge is 2.00. The van der Waals surface area contributed by atoms with Gasteiger partial charge in [0.05, 0.1) is 6.10 Å². The molecule has 0 radical (unpaired) electrons. The van der Waals surface area contributed by atoms with E-state index in [9.17, 15) is 5.11 Å². The second-order valence-electron chi connectivity index (χ2n) is 2.73. The van der Waals surface area contributed by atoms with Crippen molar-refractivity contribution in [1.82, 2.24) is 0 Å². The van der Waals surface area contributed by atoms with E-state index in [1.165, 1.54) is 0 Å². The molecule has 0 saturated carbocycles. The minimum absolute atomic E-state index is 0.327. The summed E-state index contributed by atoms with van der Waals surface area (Å²) in [5.41, 5.74) is 1.01. The van der Waals surface area contributed by atoms with Gasteiger partial charge in [0.2, 0.25) is 0 Å². The van der Waals surface area contributed by atoms with Gasteiger partial charge in [-0.15, -0.1) is 18.4 Å². The lowest BCUT2D eigenvalue weighted by Crippen LogP contribution is -2.04. The summed E-state index contributed by atoms with van der Waals surface area (Å²) < 4.78 is 0. The van der Waals surface area contributed by atoms with Gasteiger partial charge in [0.25, 0.3) is 0 Å². The molecular weight excluding hydrogens is 135 g/mol. The monoisotopic (exact) mass is 150 g/mol. The van der Waals surface area contributed by atoms with Crippen molar-refractivity contribution in [3.8, 4) is 11.8 Å². The summed E-state index contributed by atoms with van der Waals surface area (Å²) in [4.78, 5) is 0. The Morgan fingerprint density at radius 2 is 2.27 bits per heavy atom. The first kappa shape index (κ1) is 10.3. The van der Waals surface area contributed by atoms with Crippen LogP contribution in [0.15, 0.2) is 12.2 Å². The van der Waals surface area contributed by atoms with E-state index in [0.717, 1.165) is 11.9 Å². The third-order valence-corrected chi connectivity index (χ3v) is 1.22. The van der Waals surface area contributed by atoms with Gasteiger partial charge < -0.3 is 5.11 Å². The summed E-state index contributed by atoms with van der Waals surface area (Å²) in [7, 11) is 2.00. The predicted molar refractivity (Wildman–Crippen MR) is 51.2 cm³/mol. The zero-order chi connectivity index (χ0) is 8.69. The highest BCUT2D eigenvalue weighted by atomic mass is 16.3. The Kier molecular flexibility index (Phi) is 5.69. The molecule has 0 fully saturated rings. The van der Waals surface area contributed by atoms with Crippen LogP contribution >= 0.6 is 0 Å². The molecule has 0 aliphatic heterocycles. The summed E-state index contributed by atoms with van der Waals surface area (Å²) in [6, 6.07) is 0. The summed E-state index contributed by atoms with van der Waals surface area (Å²) >= 11 is 0. The van der Waals surface area contributed by atoms with E-state index in [2.05, 4.69) is 18.4 Å². The van der Waals surface area contributed by atoms with Crippen molar-refractivity contribution in [3.05, 3.63) is 12.2 Å². The predicted octanol–water partition coefficient (Wildman–Crippen LogP) is 0.758. The fourth-order valence-corrected chi connectivity index (χ4v) is 0.789. The van der Waals surface area contributed by atoms with E-state index in [4.69, 9.17) is 0 Å². The Bertz CT molecular complexity index is 176. The second-order valence-corrected chi connectivity index (χ2v) is 2.73. The maximum atomic E-state index is 9.28. The lowest BCUT2D eigenvalue weighted by Gasteiger charge is -2.04. The molecule has 0 spiro atoms. The van der Waals surface area contributed by atoms with Crippen molar-refractivity contribution in [1.29, 1.82) is 0 Å². The van der Waals surface area contributed by atoms with Crippen LogP contribution in [-0.4, -0.2) is 19.1 Å². The Morgan fingerprint density at radius 1 is 1.64 bits per heavy atom. The Hall–Kier alpha value is -0.675. The highest BCUT2D eigenvalue weighted by Crippen LogP contribution is 2.03. The molecule has 1 atom stereocenters. The van der Waals surface area contributed by atoms with E-state index in [0.29, 0.717) is 12.8 Å². The van der Waals surface area contributed by atoms with E-state index in [-0.39, 0.29) is 6.10 Å². The zero-order valence-corrected chi connectivity index (χ0v) is 7.35. The van der Waals surface area contributed by atoms with E-state index in [1.807, 2.05) is 14.8 Å².